The van der Waals surface area contributed by atoms with Crippen molar-refractivity contribution in [1.82, 2.24) is 0 Å². The fourth-order valence-electron chi connectivity index (χ4n) is 5.00. The molecule has 2 aromatic rings. The number of hydrogen-bond acceptors (Lipinski definition) is 4. The van der Waals surface area contributed by atoms with Crippen molar-refractivity contribution in [2.75, 3.05) is 6.61 Å². The summed E-state index contributed by atoms with van der Waals surface area (Å²) in [6.45, 7) is 0.758. The zero-order valence-corrected chi connectivity index (χ0v) is 20.4. The van der Waals surface area contributed by atoms with Crippen molar-refractivity contribution in [1.29, 1.82) is 0 Å². The van der Waals surface area contributed by atoms with E-state index in [9.17, 15) is 14.4 Å². The summed E-state index contributed by atoms with van der Waals surface area (Å²) < 4.78 is 5.72. The minimum atomic E-state index is -0.699. The monoisotopic (exact) mass is 476 g/mol. The van der Waals surface area contributed by atoms with Crippen LogP contribution in [0, 0.1) is 11.8 Å². The van der Waals surface area contributed by atoms with Crippen LogP contribution in [0.15, 0.2) is 48.5 Å². The van der Waals surface area contributed by atoms with Gasteiger partial charge in [0.25, 0.3) is 0 Å². The van der Waals surface area contributed by atoms with Crippen molar-refractivity contribution in [2.24, 2.45) is 11.8 Å². The summed E-state index contributed by atoms with van der Waals surface area (Å²) in [5, 5.41) is 8.98. The van der Waals surface area contributed by atoms with Gasteiger partial charge in [-0.25, -0.2) is 0 Å². The van der Waals surface area contributed by atoms with Gasteiger partial charge >= 0.3 is 5.97 Å². The van der Waals surface area contributed by atoms with E-state index in [2.05, 4.69) is 12.1 Å². The average Bonchev–Trinajstić information content (AvgIpc) is 3.68. The Labute approximate surface area is 207 Å². The largest absolute Gasteiger partial charge is 0.493 e. The van der Waals surface area contributed by atoms with Crippen molar-refractivity contribution in [2.45, 2.75) is 76.5 Å². The van der Waals surface area contributed by atoms with Gasteiger partial charge < -0.3 is 9.84 Å². The van der Waals surface area contributed by atoms with Crippen LogP contribution in [0.2, 0.25) is 0 Å². The lowest BCUT2D eigenvalue weighted by Gasteiger charge is -2.28. The predicted octanol–water partition coefficient (Wildman–Crippen LogP) is 6.39. The Morgan fingerprint density at radius 3 is 2.09 bits per heavy atom. The molecule has 0 amide bonds. The van der Waals surface area contributed by atoms with E-state index in [4.69, 9.17) is 9.84 Å². The fraction of sp³-hybridized carbons (Fsp3) is 0.500. The summed E-state index contributed by atoms with van der Waals surface area (Å²) in [6, 6.07) is 15.6. The van der Waals surface area contributed by atoms with E-state index in [1.807, 2.05) is 36.4 Å². The number of carbonyl (C=O) groups is 3. The highest BCUT2D eigenvalue weighted by atomic mass is 16.5. The molecule has 0 aliphatic heterocycles. The fourth-order valence-corrected chi connectivity index (χ4v) is 5.00. The third-order valence-electron chi connectivity index (χ3n) is 7.38. The van der Waals surface area contributed by atoms with Gasteiger partial charge in [0.1, 0.15) is 11.5 Å². The number of Topliss-reactive ketones (excluding diaryl/α,β-unsaturated/α-hetero) is 2. The third-order valence-corrected chi connectivity index (χ3v) is 7.38. The van der Waals surface area contributed by atoms with Gasteiger partial charge in [-0.05, 0) is 98.1 Å². The molecular weight excluding hydrogens is 440 g/mol. The SMILES string of the molecule is O=C(O)CC1CCC(c2ccc(CC(=O)CCCC(=O)c3ccc(OCC4CC4)cc3)cc2)CC1. The van der Waals surface area contributed by atoms with Crippen molar-refractivity contribution in [3.8, 4) is 5.75 Å². The first-order valence-electron chi connectivity index (χ1n) is 13.0. The van der Waals surface area contributed by atoms with Crippen LogP contribution < -0.4 is 4.74 Å². The summed E-state index contributed by atoms with van der Waals surface area (Å²) in [4.78, 5) is 35.8. The van der Waals surface area contributed by atoms with Crippen LogP contribution in [-0.4, -0.2) is 29.2 Å². The summed E-state index contributed by atoms with van der Waals surface area (Å²) in [5.41, 5.74) is 2.96. The quantitative estimate of drug-likeness (QED) is 0.339. The van der Waals surface area contributed by atoms with E-state index in [-0.39, 0.29) is 18.0 Å². The molecule has 2 saturated carbocycles. The van der Waals surface area contributed by atoms with E-state index in [0.717, 1.165) is 43.6 Å². The maximum absolute atomic E-state index is 12.5. The number of aliphatic carboxylic acids is 1. The molecule has 2 fully saturated rings. The molecule has 0 bridgehead atoms. The number of ketones is 2. The van der Waals surface area contributed by atoms with Gasteiger partial charge in [-0.15, -0.1) is 0 Å². The Morgan fingerprint density at radius 2 is 1.46 bits per heavy atom. The minimum absolute atomic E-state index is 0.0639. The van der Waals surface area contributed by atoms with Crippen LogP contribution in [-0.2, 0) is 16.0 Å². The summed E-state index contributed by atoms with van der Waals surface area (Å²) >= 11 is 0. The Kier molecular flexibility index (Phi) is 8.73. The summed E-state index contributed by atoms with van der Waals surface area (Å²) in [5.74, 6) is 1.81. The molecule has 2 aliphatic carbocycles. The molecule has 35 heavy (non-hydrogen) atoms. The molecule has 0 spiro atoms. The van der Waals surface area contributed by atoms with Crippen LogP contribution in [0.5, 0.6) is 5.75 Å². The Hall–Kier alpha value is -2.95. The van der Waals surface area contributed by atoms with Gasteiger partial charge in [0.05, 0.1) is 6.61 Å². The van der Waals surface area contributed by atoms with Crippen LogP contribution in [0.4, 0.5) is 0 Å². The first kappa shape index (κ1) is 25.2. The molecule has 0 atom stereocenters. The lowest BCUT2D eigenvalue weighted by molar-refractivity contribution is -0.138. The summed E-state index contributed by atoms with van der Waals surface area (Å²) in [7, 11) is 0. The van der Waals surface area contributed by atoms with Crippen LogP contribution in [0.3, 0.4) is 0 Å². The molecule has 186 valence electrons. The summed E-state index contributed by atoms with van der Waals surface area (Å²) in [6.07, 6.45) is 8.51. The molecular formula is C30H36O5. The van der Waals surface area contributed by atoms with Crippen molar-refractivity contribution in [3.05, 3.63) is 65.2 Å². The van der Waals surface area contributed by atoms with Crippen LogP contribution in [0.1, 0.15) is 91.6 Å². The van der Waals surface area contributed by atoms with Gasteiger partial charge in [0, 0.05) is 31.2 Å². The number of ether oxygens (including phenoxy) is 1. The standard InChI is InChI=1S/C30H36O5/c31-27(2-1-3-29(32)26-14-16-28(17-15-26)35-20-23-4-5-23)18-21-6-10-24(11-7-21)25-12-8-22(9-13-25)19-30(33)34/h6-7,10-11,14-17,22-23,25H,1-5,8-9,12-13,18-20H2,(H,33,34). The first-order valence-corrected chi connectivity index (χ1v) is 13.0. The Balaban J connectivity index is 1.15. The minimum Gasteiger partial charge on any atom is -0.493 e. The van der Waals surface area contributed by atoms with E-state index in [1.165, 1.54) is 18.4 Å². The molecule has 0 unspecified atom stereocenters. The zero-order valence-electron chi connectivity index (χ0n) is 20.4. The molecule has 2 aromatic carbocycles. The second-order valence-electron chi connectivity index (χ2n) is 10.3. The second kappa shape index (κ2) is 12.1. The van der Waals surface area contributed by atoms with E-state index in [1.54, 1.807) is 0 Å². The molecule has 2 aliphatic rings. The first-order chi connectivity index (χ1) is 17.0. The number of carbonyl (C=O) groups excluding carboxylic acids is 2. The van der Waals surface area contributed by atoms with E-state index >= 15 is 0 Å². The lowest BCUT2D eigenvalue weighted by atomic mass is 9.77. The molecule has 5 heteroatoms. The normalized spacial score (nSPS) is 19.8. The van der Waals surface area contributed by atoms with Crippen LogP contribution >= 0.6 is 0 Å². The smallest absolute Gasteiger partial charge is 0.303 e. The molecule has 0 heterocycles. The van der Waals surface area contributed by atoms with E-state index in [0.29, 0.717) is 49.0 Å². The van der Waals surface area contributed by atoms with Crippen molar-refractivity contribution in [3.63, 3.8) is 0 Å². The Bertz CT molecular complexity index is 996. The van der Waals surface area contributed by atoms with Gasteiger partial charge in [0.2, 0.25) is 0 Å². The molecule has 5 nitrogen and oxygen atoms in total. The maximum Gasteiger partial charge on any atom is 0.303 e. The average molecular weight is 477 g/mol. The van der Waals surface area contributed by atoms with Gasteiger partial charge in [-0.3, -0.25) is 14.4 Å². The molecule has 0 saturated heterocycles. The van der Waals surface area contributed by atoms with Gasteiger partial charge in [-0.1, -0.05) is 24.3 Å². The highest BCUT2D eigenvalue weighted by Crippen LogP contribution is 2.37. The highest BCUT2D eigenvalue weighted by molar-refractivity contribution is 5.96. The van der Waals surface area contributed by atoms with Crippen LogP contribution in [0.25, 0.3) is 0 Å². The third kappa shape index (κ3) is 8.05. The number of hydrogen-bond donors (Lipinski definition) is 1. The molecule has 0 radical (unpaired) electrons. The number of carboxylic acid groups (broad SMARTS) is 1. The van der Waals surface area contributed by atoms with E-state index < -0.39 is 5.97 Å². The molecule has 0 aromatic heterocycles. The predicted molar refractivity (Wildman–Crippen MR) is 135 cm³/mol. The number of benzene rings is 2. The topological polar surface area (TPSA) is 80.7 Å². The Morgan fingerprint density at radius 1 is 0.800 bits per heavy atom. The van der Waals surface area contributed by atoms with Crippen molar-refractivity contribution >= 4 is 17.5 Å². The number of rotatable bonds is 13. The number of carboxylic acids is 1. The lowest BCUT2D eigenvalue weighted by Crippen LogP contribution is -2.16. The van der Waals surface area contributed by atoms with Gasteiger partial charge in [0.15, 0.2) is 5.78 Å². The molecule has 1 N–H and O–H groups in total. The zero-order chi connectivity index (χ0) is 24.6. The van der Waals surface area contributed by atoms with Gasteiger partial charge in [-0.2, -0.15) is 0 Å². The highest BCUT2D eigenvalue weighted by Gasteiger charge is 2.24. The molecule has 4 rings (SSSR count). The second-order valence-corrected chi connectivity index (χ2v) is 10.3. The van der Waals surface area contributed by atoms with Crippen molar-refractivity contribution < 1.29 is 24.2 Å². The maximum atomic E-state index is 12.5.